The molecule has 11 nitrogen and oxygen atoms in total. The highest BCUT2D eigenvalue weighted by molar-refractivity contribution is 5.95. The van der Waals surface area contributed by atoms with Crippen molar-refractivity contribution < 1.29 is 42.9 Å². The maximum Gasteiger partial charge on any atom is 0.323 e. The summed E-state index contributed by atoms with van der Waals surface area (Å²) < 4.78 is 34.4. The van der Waals surface area contributed by atoms with Crippen LogP contribution in [0.5, 0.6) is 0 Å². The van der Waals surface area contributed by atoms with Crippen LogP contribution in [0.3, 0.4) is 0 Å². The monoisotopic (exact) mass is 593 g/mol. The Kier molecular flexibility index (Phi) is 11.7. The predicted octanol–water partition coefficient (Wildman–Crippen LogP) is 3.75. The van der Waals surface area contributed by atoms with E-state index in [-0.39, 0.29) is 26.4 Å². The zero-order chi connectivity index (χ0) is 30.6. The zero-order valence-corrected chi connectivity index (χ0v) is 24.0. The fourth-order valence-corrected chi connectivity index (χ4v) is 5.02. The van der Waals surface area contributed by atoms with Crippen molar-refractivity contribution in [2.75, 3.05) is 20.8 Å². The Balaban J connectivity index is 1.71. The van der Waals surface area contributed by atoms with Crippen LogP contribution in [0.1, 0.15) is 16.7 Å². The number of rotatable bonds is 14. The summed E-state index contributed by atoms with van der Waals surface area (Å²) in [5.74, 6) is -3.81. The van der Waals surface area contributed by atoms with Gasteiger partial charge in [0.25, 0.3) is 6.04 Å². The molecule has 4 rings (SSSR count). The van der Waals surface area contributed by atoms with Crippen LogP contribution in [0.25, 0.3) is 0 Å². The smallest absolute Gasteiger partial charge is 0.323 e. The minimum absolute atomic E-state index is 0.00642. The summed E-state index contributed by atoms with van der Waals surface area (Å²) in [6, 6.07) is 26.2. The molecule has 1 saturated heterocycles. The van der Waals surface area contributed by atoms with Crippen LogP contribution in [0.15, 0.2) is 91.0 Å². The maximum atomic E-state index is 12.8. The number of nitrogens with zero attached hydrogens (tertiary/aromatic N) is 1. The Hall–Kier alpha value is -4.16. The molecule has 0 amide bonds. The largest absolute Gasteiger partial charge is 0.468 e. The summed E-state index contributed by atoms with van der Waals surface area (Å²) in [5, 5.41) is 12.7. The van der Waals surface area contributed by atoms with Gasteiger partial charge in [0.2, 0.25) is 0 Å². The summed E-state index contributed by atoms with van der Waals surface area (Å²) in [7, 11) is 2.16. The number of carbonyl (C=O) groups excluding carboxylic acids is 2. The molecule has 0 N–H and O–H groups in total. The molecule has 1 aliphatic rings. The lowest BCUT2D eigenvalue weighted by Gasteiger charge is -2.43. The second-order valence-electron chi connectivity index (χ2n) is 9.96. The molecule has 5 atom stereocenters. The van der Waals surface area contributed by atoms with E-state index in [9.17, 15) is 19.7 Å². The number of esters is 2. The summed E-state index contributed by atoms with van der Waals surface area (Å²) in [5.41, 5.74) is 2.50. The molecule has 1 aliphatic heterocycles. The molecule has 0 radical (unpaired) electrons. The fraction of sp³-hybridized carbons (Fsp3) is 0.375. The molecule has 1 heterocycles. The van der Waals surface area contributed by atoms with Crippen molar-refractivity contribution in [3.8, 4) is 0 Å². The lowest BCUT2D eigenvalue weighted by Crippen LogP contribution is -2.66. The van der Waals surface area contributed by atoms with E-state index in [4.69, 9.17) is 28.4 Å². The molecule has 228 valence electrons. The molecule has 0 unspecified atom stereocenters. The maximum absolute atomic E-state index is 12.8. The zero-order valence-electron chi connectivity index (χ0n) is 24.0. The van der Waals surface area contributed by atoms with Crippen molar-refractivity contribution in [2.45, 2.75) is 50.3 Å². The van der Waals surface area contributed by atoms with Crippen molar-refractivity contribution >= 4 is 11.9 Å². The molecule has 11 heteroatoms. The predicted molar refractivity (Wildman–Crippen MR) is 153 cm³/mol. The normalized spacial score (nSPS) is 21.7. The first-order valence-corrected chi connectivity index (χ1v) is 13.8. The van der Waals surface area contributed by atoms with Crippen LogP contribution in [-0.2, 0) is 57.8 Å². The fourth-order valence-electron chi connectivity index (χ4n) is 5.02. The Morgan fingerprint density at radius 3 is 1.63 bits per heavy atom. The summed E-state index contributed by atoms with van der Waals surface area (Å²) in [6.07, 6.45) is -4.83. The molecule has 3 aromatic rings. The first kappa shape index (κ1) is 31.8. The van der Waals surface area contributed by atoms with Gasteiger partial charge >= 0.3 is 11.9 Å². The van der Waals surface area contributed by atoms with Crippen LogP contribution in [-0.4, -0.2) is 68.1 Å². The lowest BCUT2D eigenvalue weighted by molar-refractivity contribution is -0.563. The van der Waals surface area contributed by atoms with E-state index in [0.29, 0.717) is 0 Å². The quantitative estimate of drug-likeness (QED) is 0.118. The molecule has 0 aromatic heterocycles. The van der Waals surface area contributed by atoms with Gasteiger partial charge in [-0.15, -0.1) is 0 Å². The van der Waals surface area contributed by atoms with E-state index in [1.807, 2.05) is 91.0 Å². The van der Waals surface area contributed by atoms with Crippen molar-refractivity contribution in [1.29, 1.82) is 0 Å². The number of nitro groups is 1. The molecule has 43 heavy (non-hydrogen) atoms. The molecular weight excluding hydrogens is 558 g/mol. The first-order chi connectivity index (χ1) is 20.9. The standard InChI is InChI=1S/C32H35NO10/c1-38-31(34)26(32(35)39-2)29-27(33(36)37)30(42-20-24-16-10-5-11-17-24)28(41-19-23-14-8-4-9-15-23)25(43-29)21-40-18-22-12-6-3-7-13-22/h3-17,25-30H,18-21H2,1-2H3/t25-,27+,28-,29+,30-/m1/s1. The van der Waals surface area contributed by atoms with Crippen LogP contribution >= 0.6 is 0 Å². The number of hydrogen-bond acceptors (Lipinski definition) is 10. The minimum atomic E-state index is -1.75. The molecule has 1 fully saturated rings. The van der Waals surface area contributed by atoms with Crippen LogP contribution in [0, 0.1) is 16.0 Å². The number of ether oxygens (including phenoxy) is 6. The summed E-state index contributed by atoms with van der Waals surface area (Å²) in [6.45, 7) is 0.256. The average Bonchev–Trinajstić information content (AvgIpc) is 3.04. The molecule has 0 saturated carbocycles. The highest BCUT2D eigenvalue weighted by atomic mass is 16.7. The van der Waals surface area contributed by atoms with Gasteiger partial charge in [-0.2, -0.15) is 0 Å². The third kappa shape index (κ3) is 8.45. The highest BCUT2D eigenvalue weighted by Crippen LogP contribution is 2.34. The number of hydrogen-bond donors (Lipinski definition) is 0. The first-order valence-electron chi connectivity index (χ1n) is 13.8. The topological polar surface area (TPSA) is 133 Å². The van der Waals surface area contributed by atoms with Crippen molar-refractivity contribution in [3.05, 3.63) is 118 Å². The van der Waals surface area contributed by atoms with Gasteiger partial charge in [0.05, 0.1) is 40.6 Å². The average molecular weight is 594 g/mol. The second kappa shape index (κ2) is 15.9. The SMILES string of the molecule is COC(=O)C(C(=O)OC)[C@@H]1O[C@H](COCc2ccccc2)[C@@H](OCc2ccccc2)[C@H](OCc2ccccc2)[C@H]1[N+](=O)[O-]. The van der Waals surface area contributed by atoms with E-state index < -0.39 is 53.2 Å². The van der Waals surface area contributed by atoms with Crippen molar-refractivity contribution in [3.63, 3.8) is 0 Å². The third-order valence-corrected chi connectivity index (χ3v) is 7.14. The molecule has 0 spiro atoms. The highest BCUT2D eigenvalue weighted by Gasteiger charge is 2.59. The Morgan fingerprint density at radius 1 is 0.744 bits per heavy atom. The van der Waals surface area contributed by atoms with Crippen molar-refractivity contribution in [2.24, 2.45) is 5.92 Å². The van der Waals surface area contributed by atoms with Gasteiger partial charge in [0.1, 0.15) is 12.2 Å². The second-order valence-corrected chi connectivity index (χ2v) is 9.96. The van der Waals surface area contributed by atoms with Gasteiger partial charge < -0.3 is 28.4 Å². The van der Waals surface area contributed by atoms with Gasteiger partial charge in [0, 0.05) is 4.92 Å². The van der Waals surface area contributed by atoms with Gasteiger partial charge in [0.15, 0.2) is 18.1 Å². The van der Waals surface area contributed by atoms with E-state index >= 15 is 0 Å². The Bertz CT molecular complexity index is 1290. The van der Waals surface area contributed by atoms with E-state index in [1.54, 1.807) is 0 Å². The molecule has 3 aromatic carbocycles. The summed E-state index contributed by atoms with van der Waals surface area (Å²) >= 11 is 0. The summed E-state index contributed by atoms with van der Waals surface area (Å²) in [4.78, 5) is 37.8. The van der Waals surface area contributed by atoms with E-state index in [1.165, 1.54) is 0 Å². The van der Waals surface area contributed by atoms with E-state index in [0.717, 1.165) is 30.9 Å². The van der Waals surface area contributed by atoms with Gasteiger partial charge in [-0.1, -0.05) is 91.0 Å². The lowest BCUT2D eigenvalue weighted by atomic mass is 9.85. The third-order valence-electron chi connectivity index (χ3n) is 7.14. The molecular formula is C32H35NO10. The number of methoxy groups -OCH3 is 2. The van der Waals surface area contributed by atoms with Gasteiger partial charge in [-0.25, -0.2) is 0 Å². The Labute approximate surface area is 249 Å². The number of benzene rings is 3. The number of carbonyl (C=O) groups is 2. The van der Waals surface area contributed by atoms with Crippen LogP contribution < -0.4 is 0 Å². The van der Waals surface area contributed by atoms with E-state index in [2.05, 4.69) is 0 Å². The van der Waals surface area contributed by atoms with Crippen LogP contribution in [0.2, 0.25) is 0 Å². The molecule has 0 aliphatic carbocycles. The Morgan fingerprint density at radius 2 is 1.19 bits per heavy atom. The van der Waals surface area contributed by atoms with Crippen LogP contribution in [0.4, 0.5) is 0 Å². The molecule has 0 bridgehead atoms. The van der Waals surface area contributed by atoms with Gasteiger partial charge in [-0.3, -0.25) is 19.7 Å². The van der Waals surface area contributed by atoms with Gasteiger partial charge in [-0.05, 0) is 16.7 Å². The minimum Gasteiger partial charge on any atom is -0.468 e. The van der Waals surface area contributed by atoms with Crippen molar-refractivity contribution in [1.82, 2.24) is 0 Å².